The van der Waals surface area contributed by atoms with Crippen molar-refractivity contribution in [3.63, 3.8) is 0 Å². The van der Waals surface area contributed by atoms with Crippen LogP contribution in [0.4, 0.5) is 0 Å². The van der Waals surface area contributed by atoms with E-state index in [2.05, 4.69) is 170 Å². The van der Waals surface area contributed by atoms with Gasteiger partial charge in [-0.3, -0.25) is 0 Å². The molecular formula is C44H39BrN4. The van der Waals surface area contributed by atoms with Crippen LogP contribution in [0.2, 0.25) is 0 Å². The van der Waals surface area contributed by atoms with Gasteiger partial charge in [0.25, 0.3) is 0 Å². The number of aromatic nitrogens is 4. The van der Waals surface area contributed by atoms with E-state index < -0.39 is 0 Å². The lowest BCUT2D eigenvalue weighted by Crippen LogP contribution is -1.95. The van der Waals surface area contributed by atoms with Crippen molar-refractivity contribution in [1.29, 1.82) is 0 Å². The SMILES string of the molecule is Cc1cc(C)c(-c2c3nc(c(Cc4ccccc4)c4ccc([nH]4)c(-c4c(C)cc(C)cc4C)c4cc(Br)c([nH]4)c4ccc2[nH]4)C=C3)c(C)c1. The maximum Gasteiger partial charge on any atom is 0.0768 e. The van der Waals surface area contributed by atoms with E-state index in [1.807, 2.05) is 0 Å². The van der Waals surface area contributed by atoms with Crippen molar-refractivity contribution < 1.29 is 0 Å². The molecule has 4 aromatic heterocycles. The summed E-state index contributed by atoms with van der Waals surface area (Å²) in [6.07, 6.45) is 5.12. The standard InChI is InChI=1S/C44H39BrN4/c1-24-18-26(3)40(27(4)19-24)42-35-14-12-33(46-35)31(22-30-10-8-7-9-11-30)34-13-15-37(47-34)43(41-28(5)20-25(2)21-29(41)6)39-23-32(45)44(49-39)38-17-16-36(42)48-38/h7-21,23,47-49H,22H2,1-6H3. The second-order valence-electron chi connectivity index (χ2n) is 13.6. The molecule has 49 heavy (non-hydrogen) atoms. The highest BCUT2D eigenvalue weighted by Crippen LogP contribution is 2.39. The number of halogens is 1. The number of hydrogen-bond acceptors (Lipinski definition) is 1. The minimum atomic E-state index is 0.748. The van der Waals surface area contributed by atoms with Crippen LogP contribution in [0.25, 0.3) is 67.5 Å². The highest BCUT2D eigenvalue weighted by Gasteiger charge is 2.19. The van der Waals surface area contributed by atoms with Crippen molar-refractivity contribution in [1.82, 2.24) is 19.9 Å². The maximum atomic E-state index is 5.44. The summed E-state index contributed by atoms with van der Waals surface area (Å²) in [7, 11) is 0. The maximum absolute atomic E-state index is 5.44. The van der Waals surface area contributed by atoms with E-state index in [1.165, 1.54) is 50.1 Å². The first-order valence-electron chi connectivity index (χ1n) is 16.9. The molecule has 0 spiro atoms. The van der Waals surface area contributed by atoms with Gasteiger partial charge in [0.1, 0.15) is 0 Å². The van der Waals surface area contributed by atoms with Crippen molar-refractivity contribution in [2.24, 2.45) is 0 Å². The molecular weight excluding hydrogens is 664 g/mol. The monoisotopic (exact) mass is 702 g/mol. The number of H-pyrrole nitrogens is 3. The Bertz CT molecular complexity index is 2550. The summed E-state index contributed by atoms with van der Waals surface area (Å²) in [4.78, 5) is 17.0. The summed E-state index contributed by atoms with van der Waals surface area (Å²) in [5.41, 5.74) is 22.7. The Morgan fingerprint density at radius 3 is 1.69 bits per heavy atom. The number of hydrogen-bond donors (Lipinski definition) is 3. The van der Waals surface area contributed by atoms with Crippen LogP contribution in [0.3, 0.4) is 0 Å². The summed E-state index contributed by atoms with van der Waals surface area (Å²) in [6, 6.07) is 30.8. The summed E-state index contributed by atoms with van der Waals surface area (Å²) in [6.45, 7) is 13.2. The van der Waals surface area contributed by atoms with Crippen LogP contribution in [0.5, 0.6) is 0 Å². The van der Waals surface area contributed by atoms with Gasteiger partial charge in [0.2, 0.25) is 0 Å². The third-order valence-corrected chi connectivity index (χ3v) is 10.5. The van der Waals surface area contributed by atoms with Crippen LogP contribution in [-0.2, 0) is 6.42 Å². The molecule has 0 fully saturated rings. The lowest BCUT2D eigenvalue weighted by atomic mass is 9.92. The van der Waals surface area contributed by atoms with Crippen molar-refractivity contribution in [3.05, 3.63) is 145 Å². The number of benzene rings is 3. The van der Waals surface area contributed by atoms with Gasteiger partial charge in [-0.1, -0.05) is 65.7 Å². The minimum Gasteiger partial charge on any atom is -0.355 e. The number of nitrogens with one attached hydrogen (secondary N) is 3. The number of fused-ring (bicyclic) bond motifs is 9. The first kappa shape index (κ1) is 31.2. The molecule has 8 bridgehead atoms. The average Bonchev–Trinajstić information content (AvgIpc) is 3.87. The van der Waals surface area contributed by atoms with Gasteiger partial charge in [0, 0.05) is 49.7 Å². The zero-order valence-electron chi connectivity index (χ0n) is 28.8. The van der Waals surface area contributed by atoms with Gasteiger partial charge in [-0.05, 0) is 139 Å². The van der Waals surface area contributed by atoms with E-state index >= 15 is 0 Å². The Balaban J connectivity index is 1.57. The van der Waals surface area contributed by atoms with Crippen LogP contribution in [-0.4, -0.2) is 19.9 Å². The minimum absolute atomic E-state index is 0.748. The van der Waals surface area contributed by atoms with Gasteiger partial charge in [0.15, 0.2) is 0 Å². The highest BCUT2D eigenvalue weighted by molar-refractivity contribution is 9.10. The van der Waals surface area contributed by atoms with Gasteiger partial charge in [-0.25, -0.2) is 4.98 Å². The predicted molar refractivity (Wildman–Crippen MR) is 211 cm³/mol. The van der Waals surface area contributed by atoms with E-state index in [0.717, 1.165) is 72.1 Å². The summed E-state index contributed by atoms with van der Waals surface area (Å²) < 4.78 is 1.00. The lowest BCUT2D eigenvalue weighted by molar-refractivity contribution is 1.16. The molecule has 0 saturated carbocycles. The Morgan fingerprint density at radius 2 is 1.04 bits per heavy atom. The molecule has 1 aliphatic rings. The molecule has 5 heteroatoms. The van der Waals surface area contributed by atoms with Gasteiger partial charge >= 0.3 is 0 Å². The molecule has 1 aliphatic heterocycles. The third kappa shape index (κ3) is 5.52. The molecule has 0 radical (unpaired) electrons. The van der Waals surface area contributed by atoms with Crippen LogP contribution in [0.1, 0.15) is 55.9 Å². The Kier molecular flexibility index (Phi) is 7.68. The fourth-order valence-electron chi connectivity index (χ4n) is 7.92. The molecule has 7 aromatic rings. The number of rotatable bonds is 4. The smallest absolute Gasteiger partial charge is 0.0768 e. The van der Waals surface area contributed by atoms with Gasteiger partial charge in [-0.2, -0.15) is 0 Å². The van der Waals surface area contributed by atoms with Crippen molar-refractivity contribution in [3.8, 4) is 22.3 Å². The third-order valence-electron chi connectivity index (χ3n) is 9.83. The molecule has 0 saturated heterocycles. The molecule has 0 atom stereocenters. The quantitative estimate of drug-likeness (QED) is 0.168. The van der Waals surface area contributed by atoms with E-state index in [1.54, 1.807) is 0 Å². The summed E-state index contributed by atoms with van der Waals surface area (Å²) in [5, 5.41) is 0. The number of aryl methyl sites for hydroxylation is 6. The molecule has 8 rings (SSSR count). The normalized spacial score (nSPS) is 12.0. The van der Waals surface area contributed by atoms with E-state index in [4.69, 9.17) is 4.98 Å². The molecule has 4 nitrogen and oxygen atoms in total. The topological polar surface area (TPSA) is 60.3 Å². The van der Waals surface area contributed by atoms with Gasteiger partial charge in [0.05, 0.1) is 22.4 Å². The fourth-order valence-corrected chi connectivity index (χ4v) is 8.46. The second-order valence-corrected chi connectivity index (χ2v) is 14.5. The predicted octanol–water partition coefficient (Wildman–Crippen LogP) is 12.2. The summed E-state index contributed by atoms with van der Waals surface area (Å²) >= 11 is 3.94. The van der Waals surface area contributed by atoms with Crippen LogP contribution in [0, 0.1) is 41.5 Å². The van der Waals surface area contributed by atoms with Crippen LogP contribution >= 0.6 is 15.9 Å². The Hall–Kier alpha value is -5.13. The number of aromatic amines is 3. The van der Waals surface area contributed by atoms with E-state index in [0.29, 0.717) is 0 Å². The van der Waals surface area contributed by atoms with Crippen molar-refractivity contribution in [2.75, 3.05) is 0 Å². The average molecular weight is 704 g/mol. The Labute approximate surface area is 295 Å². The highest BCUT2D eigenvalue weighted by atomic mass is 79.9. The molecule has 0 unspecified atom stereocenters. The second kappa shape index (κ2) is 12.1. The first-order chi connectivity index (χ1) is 23.6. The molecule has 5 heterocycles. The van der Waals surface area contributed by atoms with Crippen LogP contribution in [0.15, 0.2) is 89.4 Å². The molecule has 0 aliphatic carbocycles. The van der Waals surface area contributed by atoms with Crippen molar-refractivity contribution >= 4 is 61.2 Å². The largest absolute Gasteiger partial charge is 0.355 e. The molecule has 242 valence electrons. The van der Waals surface area contributed by atoms with E-state index in [-0.39, 0.29) is 0 Å². The lowest BCUT2D eigenvalue weighted by Gasteiger charge is -2.13. The van der Waals surface area contributed by atoms with E-state index in [9.17, 15) is 0 Å². The molecule has 3 N–H and O–H groups in total. The van der Waals surface area contributed by atoms with Gasteiger partial charge < -0.3 is 15.0 Å². The fraction of sp³-hybridized carbons (Fsp3) is 0.159. The van der Waals surface area contributed by atoms with Gasteiger partial charge in [-0.15, -0.1) is 0 Å². The molecule has 3 aromatic carbocycles. The zero-order valence-corrected chi connectivity index (χ0v) is 30.4. The molecule has 0 amide bonds. The number of nitrogens with zero attached hydrogens (tertiary/aromatic N) is 1. The zero-order chi connectivity index (χ0) is 34.0. The van der Waals surface area contributed by atoms with Crippen LogP contribution < -0.4 is 0 Å². The Morgan fingerprint density at radius 1 is 0.510 bits per heavy atom. The summed E-state index contributed by atoms with van der Waals surface area (Å²) in [5.74, 6) is 0. The van der Waals surface area contributed by atoms with Crippen molar-refractivity contribution in [2.45, 2.75) is 48.0 Å². The first-order valence-corrected chi connectivity index (χ1v) is 17.7.